The lowest BCUT2D eigenvalue weighted by molar-refractivity contribution is -0.416. The fourth-order valence-electron chi connectivity index (χ4n) is 9.08. The van der Waals surface area contributed by atoms with Crippen molar-refractivity contribution < 1.29 is 142 Å². The van der Waals surface area contributed by atoms with Gasteiger partial charge in [0.05, 0.1) is 39.6 Å². The smallest absolute Gasteiger partial charge is 0.338 e. The lowest BCUT2D eigenvalue weighted by Gasteiger charge is -2.49. The summed E-state index contributed by atoms with van der Waals surface area (Å²) < 4.78 is 74.6. The first kappa shape index (κ1) is 63.1. The standard InChI is InChI=1S/C53H64O29/c1-24(57)72-22-35-39(63)41(65)43(67)50(76-35)78-46-42(66)38(62)32(19-54)74-51(46)79-47-44(68)45(77-37(61)16-12-26-10-14-29(59)31(18-26)71-3)34(21-56)75-52(47)82-53(23-73-36(60)15-11-25-9-13-28(58)30(17-25)70-2)48(40(64)33(20-55)81-53)80-49(69)27-7-5-4-6-8-27/h4-18,32-35,38-48,50-52,54-56,58-59,62-68H,19-23H2,1-3H3/b15-11+,16-12+/t32-,33-,34-,35-,38-,39-,40-,41+,42+,43-,44+,45-,46-,47-,48+,50+,51+,52-,53+/m1/s1. The predicted molar refractivity (Wildman–Crippen MR) is 268 cm³/mol. The third-order valence-corrected chi connectivity index (χ3v) is 13.4. The van der Waals surface area contributed by atoms with E-state index in [2.05, 4.69) is 0 Å². The fraction of sp³-hybridized carbons (Fsp3) is 0.509. The molecule has 19 atom stereocenters. The van der Waals surface area contributed by atoms with Crippen molar-refractivity contribution in [3.8, 4) is 23.0 Å². The number of hydrogen-bond donors (Lipinski definition) is 12. The first-order valence-corrected chi connectivity index (χ1v) is 25.2. The molecule has 4 aliphatic heterocycles. The number of aliphatic hydroxyl groups excluding tert-OH is 10. The van der Waals surface area contributed by atoms with Gasteiger partial charge in [-0.1, -0.05) is 30.3 Å². The Bertz CT molecular complexity index is 2690. The second-order valence-corrected chi connectivity index (χ2v) is 18.9. The number of methoxy groups -OCH3 is 2. The Morgan fingerprint density at radius 1 is 0.561 bits per heavy atom. The third kappa shape index (κ3) is 14.6. The van der Waals surface area contributed by atoms with E-state index in [1.54, 1.807) is 6.07 Å². The Kier molecular flexibility index (Phi) is 21.7. The Balaban J connectivity index is 1.29. The van der Waals surface area contributed by atoms with Crippen molar-refractivity contribution >= 4 is 36.0 Å². The molecular formula is C53H64O29. The Morgan fingerprint density at radius 3 is 1.70 bits per heavy atom. The van der Waals surface area contributed by atoms with Gasteiger partial charge in [-0.3, -0.25) is 4.79 Å². The minimum Gasteiger partial charge on any atom is -0.504 e. The van der Waals surface area contributed by atoms with Crippen LogP contribution in [0.15, 0.2) is 78.9 Å². The number of rotatable bonds is 22. The van der Waals surface area contributed by atoms with Crippen LogP contribution in [-0.4, -0.2) is 249 Å². The molecule has 0 radical (unpaired) electrons. The molecule has 4 heterocycles. The van der Waals surface area contributed by atoms with Crippen molar-refractivity contribution in [1.82, 2.24) is 0 Å². The van der Waals surface area contributed by atoms with Gasteiger partial charge in [0.1, 0.15) is 92.6 Å². The monoisotopic (exact) mass is 1160 g/mol. The number of benzene rings is 3. The highest BCUT2D eigenvalue weighted by Crippen LogP contribution is 2.41. The molecule has 82 heavy (non-hydrogen) atoms. The van der Waals surface area contributed by atoms with Gasteiger partial charge in [-0.15, -0.1) is 0 Å². The predicted octanol–water partition coefficient (Wildman–Crippen LogP) is -3.35. The number of aliphatic hydroxyl groups is 10. The van der Waals surface area contributed by atoms with Crippen molar-refractivity contribution in [1.29, 1.82) is 0 Å². The Hall–Kier alpha value is -6.46. The van der Waals surface area contributed by atoms with E-state index < -0.39 is 173 Å². The van der Waals surface area contributed by atoms with Gasteiger partial charge in [-0.2, -0.15) is 0 Å². The number of phenolic OH excluding ortho intramolecular Hbond substituents is 2. The average Bonchev–Trinajstić information content (AvgIpc) is 3.90. The van der Waals surface area contributed by atoms with E-state index in [0.717, 1.165) is 19.1 Å². The van der Waals surface area contributed by atoms with Crippen molar-refractivity contribution in [2.24, 2.45) is 0 Å². The van der Waals surface area contributed by atoms with Crippen molar-refractivity contribution in [2.75, 3.05) is 47.3 Å². The number of hydrogen-bond acceptors (Lipinski definition) is 29. The van der Waals surface area contributed by atoms with Crippen LogP contribution in [0.3, 0.4) is 0 Å². The van der Waals surface area contributed by atoms with E-state index in [0.29, 0.717) is 11.1 Å². The number of carbonyl (C=O) groups excluding carboxylic acids is 4. The molecule has 450 valence electrons. The molecule has 4 saturated heterocycles. The normalized spacial score (nSPS) is 33.9. The van der Waals surface area contributed by atoms with Gasteiger partial charge < -0.3 is 123 Å². The molecular weight excluding hydrogens is 1100 g/mol. The molecule has 29 heteroatoms. The van der Waals surface area contributed by atoms with Crippen LogP contribution in [-0.2, 0) is 66.5 Å². The second kappa shape index (κ2) is 28.2. The molecule has 3 aromatic rings. The largest absolute Gasteiger partial charge is 0.504 e. The Labute approximate surface area is 466 Å². The zero-order valence-electron chi connectivity index (χ0n) is 43.9. The number of aromatic hydroxyl groups is 2. The van der Waals surface area contributed by atoms with Gasteiger partial charge in [0.15, 0.2) is 54.1 Å². The molecule has 29 nitrogen and oxygen atoms in total. The summed E-state index contributed by atoms with van der Waals surface area (Å²) in [4.78, 5) is 52.7. The average molecular weight is 1170 g/mol. The molecule has 0 bridgehead atoms. The maximum Gasteiger partial charge on any atom is 0.338 e. The van der Waals surface area contributed by atoms with E-state index in [1.807, 2.05) is 0 Å². The van der Waals surface area contributed by atoms with Gasteiger partial charge in [0.2, 0.25) is 5.79 Å². The molecule has 4 fully saturated rings. The van der Waals surface area contributed by atoms with Gasteiger partial charge in [-0.05, 0) is 59.7 Å². The summed E-state index contributed by atoms with van der Waals surface area (Å²) in [5.74, 6) is -7.58. The third-order valence-electron chi connectivity index (χ3n) is 13.4. The van der Waals surface area contributed by atoms with Crippen molar-refractivity contribution in [3.05, 3.63) is 95.6 Å². The minimum absolute atomic E-state index is 0.0340. The van der Waals surface area contributed by atoms with E-state index in [1.165, 1.54) is 87.0 Å². The van der Waals surface area contributed by atoms with Gasteiger partial charge in [0, 0.05) is 19.1 Å². The summed E-state index contributed by atoms with van der Waals surface area (Å²) in [5.41, 5.74) is 0.525. The van der Waals surface area contributed by atoms with Crippen LogP contribution in [0.2, 0.25) is 0 Å². The molecule has 0 unspecified atom stereocenters. The van der Waals surface area contributed by atoms with Gasteiger partial charge in [0.25, 0.3) is 0 Å². The van der Waals surface area contributed by atoms with Crippen LogP contribution in [0.1, 0.15) is 28.4 Å². The first-order chi connectivity index (χ1) is 39.1. The zero-order chi connectivity index (χ0) is 59.6. The second-order valence-electron chi connectivity index (χ2n) is 18.9. The molecule has 0 spiro atoms. The number of carbonyl (C=O) groups is 4. The fourth-order valence-corrected chi connectivity index (χ4v) is 9.08. The SMILES string of the molecule is COc1cc(/C=C/C(=O)OC[C@@]2(O[C@H]3O[C@H](CO)[C@@H](OC(=O)/C=C/c4ccc(O)c(OC)c4)[C@H](O)[C@H]3O[C@@H]3O[C@H](CO)[C@@H](O)[C@H](O)[C@H]3O[C@@H]3O[C@H](COC(C)=O)[C@@H](O)[C@H](O)[C@H]3O)O[C@H](CO)[C@@H](O)[C@@H]2OC(=O)c2ccccc2)ccc1O. The first-order valence-electron chi connectivity index (χ1n) is 25.2. The van der Waals surface area contributed by atoms with E-state index in [-0.39, 0.29) is 28.6 Å². The lowest BCUT2D eigenvalue weighted by Crippen LogP contribution is -2.68. The number of ether oxygens (including phenoxy) is 13. The summed E-state index contributed by atoms with van der Waals surface area (Å²) >= 11 is 0. The van der Waals surface area contributed by atoms with E-state index in [4.69, 9.17) is 61.6 Å². The molecule has 3 aromatic carbocycles. The molecule has 4 aliphatic rings. The van der Waals surface area contributed by atoms with Crippen LogP contribution in [0.5, 0.6) is 23.0 Å². The summed E-state index contributed by atoms with van der Waals surface area (Å²) in [5, 5.41) is 131. The maximum atomic E-state index is 13.8. The Morgan fingerprint density at radius 2 is 1.11 bits per heavy atom. The van der Waals surface area contributed by atoms with Crippen molar-refractivity contribution in [2.45, 2.75) is 123 Å². The van der Waals surface area contributed by atoms with Gasteiger partial charge >= 0.3 is 23.9 Å². The zero-order valence-corrected chi connectivity index (χ0v) is 43.9. The highest BCUT2D eigenvalue weighted by molar-refractivity contribution is 5.90. The van der Waals surface area contributed by atoms with E-state index >= 15 is 0 Å². The van der Waals surface area contributed by atoms with Crippen LogP contribution in [0.25, 0.3) is 12.2 Å². The topological polar surface area (TPSA) is 431 Å². The molecule has 0 amide bonds. The molecule has 0 saturated carbocycles. The van der Waals surface area contributed by atoms with E-state index in [9.17, 15) is 80.5 Å². The molecule has 12 N–H and O–H groups in total. The molecule has 0 aromatic heterocycles. The summed E-state index contributed by atoms with van der Waals surface area (Å²) in [6.07, 6.45) is -32.9. The molecule has 0 aliphatic carbocycles. The highest BCUT2D eigenvalue weighted by atomic mass is 16.8. The quantitative estimate of drug-likeness (QED) is 0.0266. The minimum atomic E-state index is -2.87. The van der Waals surface area contributed by atoms with Crippen LogP contribution < -0.4 is 9.47 Å². The summed E-state index contributed by atoms with van der Waals surface area (Å²) in [7, 11) is 2.57. The van der Waals surface area contributed by atoms with Crippen molar-refractivity contribution in [3.63, 3.8) is 0 Å². The number of esters is 4. The van der Waals surface area contributed by atoms with Gasteiger partial charge in [-0.25, -0.2) is 14.4 Å². The number of phenols is 2. The summed E-state index contributed by atoms with van der Waals surface area (Å²) in [6.45, 7) is -4.07. The lowest BCUT2D eigenvalue weighted by atomic mass is 9.96. The highest BCUT2D eigenvalue weighted by Gasteiger charge is 2.63. The maximum absolute atomic E-state index is 13.8. The summed E-state index contributed by atoms with van der Waals surface area (Å²) in [6, 6.07) is 15.3. The molecule has 7 rings (SSSR count). The van der Waals surface area contributed by atoms with Crippen LogP contribution >= 0.6 is 0 Å². The van der Waals surface area contributed by atoms with Crippen LogP contribution in [0.4, 0.5) is 0 Å². The van der Waals surface area contributed by atoms with Crippen LogP contribution in [0, 0.1) is 0 Å².